The number of Topliss-reactive ketones (excluding diaryl/α,β-unsaturated/α-hetero) is 1. The van der Waals surface area contributed by atoms with Gasteiger partial charge in [0.1, 0.15) is 12.4 Å². The van der Waals surface area contributed by atoms with Crippen LogP contribution in [0.2, 0.25) is 0 Å². The number of carboxylic acid groups (broad SMARTS) is 1. The van der Waals surface area contributed by atoms with Crippen LogP contribution in [-0.4, -0.2) is 41.3 Å². The quantitative estimate of drug-likeness (QED) is 0.379. The van der Waals surface area contributed by atoms with Crippen LogP contribution >= 0.6 is 0 Å². The average Bonchev–Trinajstić information content (AvgIpc) is 2.93. The van der Waals surface area contributed by atoms with E-state index in [0.29, 0.717) is 18.8 Å². The number of hydrogen-bond acceptors (Lipinski definition) is 4. The van der Waals surface area contributed by atoms with E-state index in [1.807, 2.05) is 6.08 Å². The molecule has 0 bridgehead atoms. The van der Waals surface area contributed by atoms with Gasteiger partial charge in [0.2, 0.25) is 0 Å². The zero-order valence-electron chi connectivity index (χ0n) is 16.6. The fourth-order valence-corrected chi connectivity index (χ4v) is 3.56. The van der Waals surface area contributed by atoms with E-state index in [2.05, 4.69) is 26.8 Å². The van der Waals surface area contributed by atoms with Crippen LogP contribution in [0, 0.1) is 17.3 Å². The number of allylic oxidation sites excluding steroid dienone is 1. The number of ketones is 1. The maximum Gasteiger partial charge on any atom is 0.329 e. The smallest absolute Gasteiger partial charge is 0.329 e. The van der Waals surface area contributed by atoms with Gasteiger partial charge in [0.05, 0.1) is 6.10 Å². The average molecular weight is 369 g/mol. The van der Waals surface area contributed by atoms with Crippen LogP contribution in [0.3, 0.4) is 0 Å². The Morgan fingerprint density at radius 2 is 2.08 bits per heavy atom. The maximum absolute atomic E-state index is 12.2. The molecule has 0 aromatic carbocycles. The Balaban J connectivity index is 2.44. The molecule has 0 saturated heterocycles. The van der Waals surface area contributed by atoms with Crippen molar-refractivity contribution < 1.29 is 24.5 Å². The van der Waals surface area contributed by atoms with Crippen LogP contribution in [0.15, 0.2) is 12.2 Å². The molecule has 0 amide bonds. The third-order valence-corrected chi connectivity index (χ3v) is 5.45. The number of carbonyl (C=O) groups excluding carboxylic acids is 1. The van der Waals surface area contributed by atoms with Crippen molar-refractivity contribution >= 4 is 11.8 Å². The Labute approximate surface area is 157 Å². The monoisotopic (exact) mass is 368 g/mol. The zero-order chi connectivity index (χ0) is 19.6. The van der Waals surface area contributed by atoms with Gasteiger partial charge >= 0.3 is 5.97 Å². The third-order valence-electron chi connectivity index (χ3n) is 5.45. The van der Waals surface area contributed by atoms with Gasteiger partial charge < -0.3 is 14.9 Å². The van der Waals surface area contributed by atoms with Crippen molar-refractivity contribution in [1.29, 1.82) is 0 Å². The van der Waals surface area contributed by atoms with Gasteiger partial charge in [0, 0.05) is 18.9 Å². The van der Waals surface area contributed by atoms with Gasteiger partial charge in [0.25, 0.3) is 0 Å². The summed E-state index contributed by atoms with van der Waals surface area (Å²) in [5, 5.41) is 19.0. The molecule has 0 radical (unpaired) electrons. The van der Waals surface area contributed by atoms with Crippen molar-refractivity contribution in [3.05, 3.63) is 12.2 Å². The maximum atomic E-state index is 12.2. The van der Waals surface area contributed by atoms with E-state index in [4.69, 9.17) is 9.84 Å². The van der Waals surface area contributed by atoms with E-state index >= 15 is 0 Å². The van der Waals surface area contributed by atoms with E-state index in [1.54, 1.807) is 0 Å². The molecular weight excluding hydrogens is 332 g/mol. The van der Waals surface area contributed by atoms with Crippen molar-refractivity contribution in [1.82, 2.24) is 0 Å². The molecule has 0 heterocycles. The molecule has 5 nitrogen and oxygen atoms in total. The lowest BCUT2D eigenvalue weighted by Crippen LogP contribution is -2.27. The molecular formula is C21H36O5. The van der Waals surface area contributed by atoms with E-state index < -0.39 is 12.1 Å². The fraction of sp³-hybridized carbons (Fsp3) is 0.810. The van der Waals surface area contributed by atoms with Crippen LogP contribution in [0.4, 0.5) is 0 Å². The first-order chi connectivity index (χ1) is 12.3. The van der Waals surface area contributed by atoms with Crippen molar-refractivity contribution in [2.24, 2.45) is 17.3 Å². The number of carbonyl (C=O) groups is 2. The largest absolute Gasteiger partial charge is 0.480 e. The summed E-state index contributed by atoms with van der Waals surface area (Å²) in [6.45, 7) is 6.48. The topological polar surface area (TPSA) is 83.8 Å². The molecule has 3 atom stereocenters. The minimum absolute atomic E-state index is 0.0247. The fourth-order valence-electron chi connectivity index (χ4n) is 3.56. The molecule has 2 N–H and O–H groups in total. The lowest BCUT2D eigenvalue weighted by Gasteiger charge is -2.29. The number of rotatable bonds is 13. The number of hydrogen-bond donors (Lipinski definition) is 2. The summed E-state index contributed by atoms with van der Waals surface area (Å²) in [6, 6.07) is 0. The van der Waals surface area contributed by atoms with Crippen LogP contribution < -0.4 is 0 Å². The summed E-state index contributed by atoms with van der Waals surface area (Å²) >= 11 is 0. The molecule has 5 heteroatoms. The minimum Gasteiger partial charge on any atom is -0.480 e. The highest BCUT2D eigenvalue weighted by atomic mass is 16.5. The molecule has 0 aromatic heterocycles. The summed E-state index contributed by atoms with van der Waals surface area (Å²) < 4.78 is 5.03. The predicted octanol–water partition coefficient (Wildman–Crippen LogP) is 3.99. The van der Waals surface area contributed by atoms with Gasteiger partial charge in [0.15, 0.2) is 0 Å². The molecule has 1 fully saturated rings. The Hall–Kier alpha value is -1.20. The Bertz CT molecular complexity index is 469. The molecule has 150 valence electrons. The highest BCUT2D eigenvalue weighted by Crippen LogP contribution is 2.35. The lowest BCUT2D eigenvalue weighted by atomic mass is 9.80. The van der Waals surface area contributed by atoms with E-state index in [9.17, 15) is 14.7 Å². The summed E-state index contributed by atoms with van der Waals surface area (Å²) in [6.07, 6.45) is 10.6. The van der Waals surface area contributed by atoms with Crippen LogP contribution in [0.25, 0.3) is 0 Å². The summed E-state index contributed by atoms with van der Waals surface area (Å²) in [5.41, 5.74) is -0.147. The summed E-state index contributed by atoms with van der Waals surface area (Å²) in [7, 11) is 0. The molecule has 0 spiro atoms. The van der Waals surface area contributed by atoms with Gasteiger partial charge in [-0.2, -0.15) is 0 Å². The molecule has 0 aromatic rings. The van der Waals surface area contributed by atoms with Gasteiger partial charge in [-0.25, -0.2) is 4.79 Å². The van der Waals surface area contributed by atoms with Crippen LogP contribution in [-0.2, 0) is 14.3 Å². The van der Waals surface area contributed by atoms with Crippen molar-refractivity contribution in [2.45, 2.75) is 78.2 Å². The molecule has 26 heavy (non-hydrogen) atoms. The Morgan fingerprint density at radius 3 is 2.73 bits per heavy atom. The second-order valence-corrected chi connectivity index (χ2v) is 8.14. The second kappa shape index (κ2) is 11.5. The van der Waals surface area contributed by atoms with E-state index in [1.165, 1.54) is 0 Å². The van der Waals surface area contributed by atoms with E-state index in [0.717, 1.165) is 44.9 Å². The first-order valence-electron chi connectivity index (χ1n) is 9.96. The lowest BCUT2D eigenvalue weighted by molar-refractivity contribution is -0.142. The second-order valence-electron chi connectivity index (χ2n) is 8.14. The van der Waals surface area contributed by atoms with Gasteiger partial charge in [-0.15, -0.1) is 0 Å². The molecule has 1 aliphatic carbocycles. The Morgan fingerprint density at radius 1 is 1.35 bits per heavy atom. The SMILES string of the molecule is CCCCC(C)(C)[C@@H](O)/C=C/C1CCC(=O)[C@@H]1CCCCOCC(=O)O. The van der Waals surface area contributed by atoms with Gasteiger partial charge in [-0.3, -0.25) is 4.79 Å². The van der Waals surface area contributed by atoms with Crippen molar-refractivity contribution in [2.75, 3.05) is 13.2 Å². The minimum atomic E-state index is -0.957. The van der Waals surface area contributed by atoms with Crippen molar-refractivity contribution in [3.63, 3.8) is 0 Å². The highest BCUT2D eigenvalue weighted by Gasteiger charge is 2.33. The van der Waals surface area contributed by atoms with Crippen molar-refractivity contribution in [3.8, 4) is 0 Å². The van der Waals surface area contributed by atoms with Crippen LogP contribution in [0.5, 0.6) is 0 Å². The number of unbranched alkanes of at least 4 members (excludes halogenated alkanes) is 2. The third kappa shape index (κ3) is 8.00. The van der Waals surface area contributed by atoms with E-state index in [-0.39, 0.29) is 23.9 Å². The number of aliphatic carboxylic acids is 1. The molecule has 1 unspecified atom stereocenters. The summed E-state index contributed by atoms with van der Waals surface area (Å²) in [5.74, 6) is -0.414. The molecule has 1 aliphatic rings. The first-order valence-corrected chi connectivity index (χ1v) is 9.96. The zero-order valence-corrected chi connectivity index (χ0v) is 16.6. The van der Waals surface area contributed by atoms with Gasteiger partial charge in [-0.1, -0.05) is 52.2 Å². The number of aliphatic hydroxyl groups excluding tert-OH is 1. The number of carboxylic acids is 1. The first kappa shape index (κ1) is 22.8. The van der Waals surface area contributed by atoms with Gasteiger partial charge in [-0.05, 0) is 37.0 Å². The molecule has 1 rings (SSSR count). The molecule has 0 aliphatic heterocycles. The number of aliphatic hydroxyl groups is 1. The summed E-state index contributed by atoms with van der Waals surface area (Å²) in [4.78, 5) is 22.6. The standard InChI is InChI=1S/C21H36O5/c1-4-5-13-21(2,3)19(23)12-10-16-9-11-18(22)17(16)8-6-7-14-26-15-20(24)25/h10,12,16-17,19,23H,4-9,11,13-15H2,1-3H3,(H,24,25)/b12-10+/t16?,17-,19+/m1/s1. The highest BCUT2D eigenvalue weighted by molar-refractivity contribution is 5.83. The normalized spacial score (nSPS) is 22.2. The Kier molecular flexibility index (Phi) is 10.1. The number of ether oxygens (including phenoxy) is 1. The predicted molar refractivity (Wildman–Crippen MR) is 102 cm³/mol. The molecule has 1 saturated carbocycles. The van der Waals surface area contributed by atoms with Crippen LogP contribution in [0.1, 0.15) is 72.1 Å².